The van der Waals surface area contributed by atoms with Gasteiger partial charge < -0.3 is 9.84 Å². The molecule has 2 nitrogen and oxygen atoms in total. The van der Waals surface area contributed by atoms with Crippen LogP contribution in [0.2, 0.25) is 10.0 Å². The van der Waals surface area contributed by atoms with E-state index in [2.05, 4.69) is 0 Å². The van der Waals surface area contributed by atoms with Crippen molar-refractivity contribution >= 4 is 23.2 Å². The summed E-state index contributed by atoms with van der Waals surface area (Å²) in [7, 11) is 1.59. The van der Waals surface area contributed by atoms with Gasteiger partial charge in [-0.3, -0.25) is 0 Å². The summed E-state index contributed by atoms with van der Waals surface area (Å²) < 4.78 is 5.32. The Hall–Kier alpha value is -1.22. The van der Waals surface area contributed by atoms with Crippen molar-refractivity contribution in [2.24, 2.45) is 0 Å². The van der Waals surface area contributed by atoms with Gasteiger partial charge in [0.1, 0.15) is 5.75 Å². The first-order valence-electron chi connectivity index (χ1n) is 6.28. The molecule has 1 atom stereocenters. The summed E-state index contributed by atoms with van der Waals surface area (Å²) in [5.41, 5.74) is 2.64. The van der Waals surface area contributed by atoms with E-state index in [-0.39, 0.29) is 0 Å². The highest BCUT2D eigenvalue weighted by atomic mass is 35.5. The smallest absolute Gasteiger partial charge is 0.124 e. The van der Waals surface area contributed by atoms with Gasteiger partial charge in [-0.2, -0.15) is 0 Å². The molecule has 106 valence electrons. The Morgan fingerprint density at radius 1 is 1.15 bits per heavy atom. The SMILES string of the molecule is COc1cc(C)ccc1C(O)Cc1cc(Cl)ccc1Cl. The molecule has 2 aromatic rings. The number of rotatable bonds is 4. The van der Waals surface area contributed by atoms with Crippen LogP contribution in [0.3, 0.4) is 0 Å². The molecule has 1 unspecified atom stereocenters. The summed E-state index contributed by atoms with van der Waals surface area (Å²) in [6.07, 6.45) is -0.305. The molecule has 0 saturated carbocycles. The quantitative estimate of drug-likeness (QED) is 0.895. The van der Waals surface area contributed by atoms with Crippen molar-refractivity contribution in [1.82, 2.24) is 0 Å². The molecule has 2 rings (SSSR count). The molecule has 0 saturated heterocycles. The zero-order valence-electron chi connectivity index (χ0n) is 11.4. The number of ether oxygens (including phenoxy) is 1. The molecule has 2 aromatic carbocycles. The zero-order chi connectivity index (χ0) is 14.7. The van der Waals surface area contributed by atoms with Crippen molar-refractivity contribution in [3.63, 3.8) is 0 Å². The summed E-state index contributed by atoms with van der Waals surface area (Å²) in [5, 5.41) is 11.6. The minimum Gasteiger partial charge on any atom is -0.496 e. The molecule has 4 heteroatoms. The molecule has 0 amide bonds. The number of aliphatic hydroxyl groups excluding tert-OH is 1. The van der Waals surface area contributed by atoms with Crippen molar-refractivity contribution < 1.29 is 9.84 Å². The number of hydrogen-bond acceptors (Lipinski definition) is 2. The van der Waals surface area contributed by atoms with E-state index in [1.807, 2.05) is 25.1 Å². The summed E-state index contributed by atoms with van der Waals surface area (Å²) in [6, 6.07) is 11.0. The molecule has 0 radical (unpaired) electrons. The molecule has 0 aliphatic heterocycles. The fourth-order valence-electron chi connectivity index (χ4n) is 2.11. The number of hydrogen-bond donors (Lipinski definition) is 1. The molecule has 0 fully saturated rings. The summed E-state index contributed by atoms with van der Waals surface area (Å²) in [6.45, 7) is 1.98. The van der Waals surface area contributed by atoms with E-state index < -0.39 is 6.10 Å². The van der Waals surface area contributed by atoms with Crippen molar-refractivity contribution in [3.8, 4) is 5.75 Å². The van der Waals surface area contributed by atoms with E-state index in [1.54, 1.807) is 25.3 Å². The van der Waals surface area contributed by atoms with E-state index in [0.717, 1.165) is 16.7 Å². The molecule has 0 aromatic heterocycles. The van der Waals surface area contributed by atoms with Crippen molar-refractivity contribution in [3.05, 3.63) is 63.1 Å². The maximum Gasteiger partial charge on any atom is 0.124 e. The maximum atomic E-state index is 10.4. The largest absolute Gasteiger partial charge is 0.496 e. The molecular formula is C16H16Cl2O2. The Bertz CT molecular complexity index is 611. The Balaban J connectivity index is 2.28. The van der Waals surface area contributed by atoms with E-state index in [4.69, 9.17) is 27.9 Å². The standard InChI is InChI=1S/C16H16Cl2O2/c1-10-3-5-13(16(7-10)20-2)15(19)9-11-8-12(17)4-6-14(11)18/h3-8,15,19H,9H2,1-2H3. The predicted molar refractivity (Wildman–Crippen MR) is 82.9 cm³/mol. The van der Waals surface area contributed by atoms with Crippen LogP contribution in [0.5, 0.6) is 5.75 Å². The van der Waals surface area contributed by atoms with E-state index in [0.29, 0.717) is 22.2 Å². The van der Waals surface area contributed by atoms with Gasteiger partial charge >= 0.3 is 0 Å². The van der Waals surface area contributed by atoms with Crippen LogP contribution < -0.4 is 4.74 Å². The summed E-state index contributed by atoms with van der Waals surface area (Å²) >= 11 is 12.1. The molecular weight excluding hydrogens is 295 g/mol. The fourth-order valence-corrected chi connectivity index (χ4v) is 2.50. The topological polar surface area (TPSA) is 29.5 Å². The monoisotopic (exact) mass is 310 g/mol. The van der Waals surface area contributed by atoms with Gasteiger partial charge in [-0.25, -0.2) is 0 Å². The first-order chi connectivity index (χ1) is 9.51. The molecule has 1 N–H and O–H groups in total. The summed E-state index contributed by atoms with van der Waals surface area (Å²) in [5.74, 6) is 0.677. The van der Waals surface area contributed by atoms with Crippen LogP contribution in [0.1, 0.15) is 22.8 Å². The van der Waals surface area contributed by atoms with Crippen molar-refractivity contribution in [2.75, 3.05) is 7.11 Å². The maximum absolute atomic E-state index is 10.4. The number of aliphatic hydroxyl groups is 1. The zero-order valence-corrected chi connectivity index (χ0v) is 12.9. The molecule has 0 heterocycles. The lowest BCUT2D eigenvalue weighted by atomic mass is 9.99. The van der Waals surface area contributed by atoms with Gasteiger partial charge in [-0.05, 0) is 42.3 Å². The Kier molecular flexibility index (Phi) is 4.92. The number of halogens is 2. The third-order valence-electron chi connectivity index (χ3n) is 3.17. The highest BCUT2D eigenvalue weighted by Gasteiger charge is 2.15. The average Bonchev–Trinajstić information content (AvgIpc) is 2.42. The lowest BCUT2D eigenvalue weighted by Crippen LogP contribution is -2.05. The number of benzene rings is 2. The summed E-state index contributed by atoms with van der Waals surface area (Å²) in [4.78, 5) is 0. The van der Waals surface area contributed by atoms with Crippen molar-refractivity contribution in [2.45, 2.75) is 19.4 Å². The second-order valence-electron chi connectivity index (χ2n) is 4.70. The van der Waals surface area contributed by atoms with Crippen LogP contribution in [-0.4, -0.2) is 12.2 Å². The van der Waals surface area contributed by atoms with Gasteiger partial charge in [0, 0.05) is 22.0 Å². The highest BCUT2D eigenvalue weighted by Crippen LogP contribution is 2.31. The van der Waals surface area contributed by atoms with E-state index in [1.165, 1.54) is 0 Å². The molecule has 0 aliphatic rings. The minimum atomic E-state index is -0.693. The third kappa shape index (κ3) is 3.45. The number of aryl methyl sites for hydroxylation is 1. The molecule has 20 heavy (non-hydrogen) atoms. The third-order valence-corrected chi connectivity index (χ3v) is 3.77. The van der Waals surface area contributed by atoms with Crippen LogP contribution in [0.4, 0.5) is 0 Å². The highest BCUT2D eigenvalue weighted by molar-refractivity contribution is 6.33. The van der Waals surface area contributed by atoms with Crippen LogP contribution in [0.15, 0.2) is 36.4 Å². The fraction of sp³-hybridized carbons (Fsp3) is 0.250. The van der Waals surface area contributed by atoms with Gasteiger partial charge in [0.05, 0.1) is 13.2 Å². The van der Waals surface area contributed by atoms with Gasteiger partial charge in [-0.1, -0.05) is 35.3 Å². The predicted octanol–water partition coefficient (Wildman–Crippen LogP) is 4.59. The van der Waals surface area contributed by atoms with Crippen molar-refractivity contribution in [1.29, 1.82) is 0 Å². The van der Waals surface area contributed by atoms with Gasteiger partial charge in [0.2, 0.25) is 0 Å². The number of methoxy groups -OCH3 is 1. The lowest BCUT2D eigenvalue weighted by Gasteiger charge is -2.16. The molecule has 0 spiro atoms. The van der Waals surface area contributed by atoms with E-state index >= 15 is 0 Å². The van der Waals surface area contributed by atoms with Crippen LogP contribution >= 0.6 is 23.2 Å². The first kappa shape index (κ1) is 15.2. The lowest BCUT2D eigenvalue weighted by molar-refractivity contribution is 0.174. The second kappa shape index (κ2) is 6.49. The van der Waals surface area contributed by atoms with Gasteiger partial charge in [0.25, 0.3) is 0 Å². The van der Waals surface area contributed by atoms with Gasteiger partial charge in [-0.15, -0.1) is 0 Å². The first-order valence-corrected chi connectivity index (χ1v) is 7.03. The molecule has 0 bridgehead atoms. The molecule has 0 aliphatic carbocycles. The Labute approximate surface area is 128 Å². The normalized spacial score (nSPS) is 12.2. The van der Waals surface area contributed by atoms with Gasteiger partial charge in [0.15, 0.2) is 0 Å². The Morgan fingerprint density at radius 2 is 1.90 bits per heavy atom. The second-order valence-corrected chi connectivity index (χ2v) is 5.54. The minimum absolute atomic E-state index is 0.388. The average molecular weight is 311 g/mol. The van der Waals surface area contributed by atoms with Crippen LogP contribution in [-0.2, 0) is 6.42 Å². The van der Waals surface area contributed by atoms with E-state index in [9.17, 15) is 5.11 Å². The Morgan fingerprint density at radius 3 is 2.60 bits per heavy atom. The van der Waals surface area contributed by atoms with Crippen LogP contribution in [0, 0.1) is 6.92 Å². The van der Waals surface area contributed by atoms with Crippen LogP contribution in [0.25, 0.3) is 0 Å².